The summed E-state index contributed by atoms with van der Waals surface area (Å²) < 4.78 is 5.01. The largest absolute Gasteiger partial charge is 0.385 e. The molecule has 0 aliphatic heterocycles. The van der Waals surface area contributed by atoms with Crippen LogP contribution < -0.4 is 11.3 Å². The Bertz CT molecular complexity index is 357. The van der Waals surface area contributed by atoms with Gasteiger partial charge in [0.25, 0.3) is 5.91 Å². The van der Waals surface area contributed by atoms with Gasteiger partial charge >= 0.3 is 0 Å². The van der Waals surface area contributed by atoms with Gasteiger partial charge in [0.05, 0.1) is 0 Å². The molecule has 1 aromatic carbocycles. The molecule has 5 nitrogen and oxygen atoms in total. The lowest BCUT2D eigenvalue weighted by Crippen LogP contribution is -2.42. The number of hydrogen-bond acceptors (Lipinski definition) is 4. The van der Waals surface area contributed by atoms with Crippen LogP contribution in [0.2, 0.25) is 0 Å². The van der Waals surface area contributed by atoms with Crippen molar-refractivity contribution in [3.8, 4) is 0 Å². The Morgan fingerprint density at radius 2 is 2.11 bits per heavy atom. The standard InChI is InChI=1S/C13H21N3O2/c1-16(9-6-10-18-2)12(13(17)15-14)11-7-4-3-5-8-11/h3-5,7-8,12H,6,9-10,14H2,1-2H3,(H,15,17). The molecule has 0 aliphatic carbocycles. The van der Waals surface area contributed by atoms with Gasteiger partial charge in [0.1, 0.15) is 6.04 Å². The topological polar surface area (TPSA) is 67.6 Å². The number of amides is 1. The molecule has 5 heteroatoms. The minimum atomic E-state index is -0.368. The summed E-state index contributed by atoms with van der Waals surface area (Å²) in [4.78, 5) is 13.8. The summed E-state index contributed by atoms with van der Waals surface area (Å²) in [6.45, 7) is 1.44. The third-order valence-electron chi connectivity index (χ3n) is 2.81. The lowest BCUT2D eigenvalue weighted by molar-refractivity contribution is -0.126. The Labute approximate surface area is 108 Å². The molecule has 0 heterocycles. The maximum Gasteiger partial charge on any atom is 0.255 e. The molecule has 3 N–H and O–H groups in total. The Balaban J connectivity index is 2.76. The lowest BCUT2D eigenvalue weighted by Gasteiger charge is -2.26. The zero-order valence-corrected chi connectivity index (χ0v) is 10.9. The summed E-state index contributed by atoms with van der Waals surface area (Å²) in [6.07, 6.45) is 0.869. The summed E-state index contributed by atoms with van der Waals surface area (Å²) in [5.74, 6) is 5.04. The van der Waals surface area contributed by atoms with Gasteiger partial charge in [-0.3, -0.25) is 15.1 Å². The van der Waals surface area contributed by atoms with Gasteiger partial charge in [0.2, 0.25) is 0 Å². The van der Waals surface area contributed by atoms with Gasteiger partial charge in [-0.25, -0.2) is 5.84 Å². The van der Waals surface area contributed by atoms with Gasteiger partial charge < -0.3 is 4.74 Å². The second kappa shape index (κ2) is 7.81. The Morgan fingerprint density at radius 3 is 2.67 bits per heavy atom. The quantitative estimate of drug-likeness (QED) is 0.324. The molecule has 0 radical (unpaired) electrons. The first-order valence-electron chi connectivity index (χ1n) is 5.95. The normalized spacial score (nSPS) is 12.4. The average Bonchev–Trinajstić information content (AvgIpc) is 2.40. The van der Waals surface area contributed by atoms with E-state index >= 15 is 0 Å². The molecule has 0 aromatic heterocycles. The van der Waals surface area contributed by atoms with E-state index in [0.29, 0.717) is 6.61 Å². The highest BCUT2D eigenvalue weighted by molar-refractivity contribution is 5.82. The number of rotatable bonds is 7. The maximum absolute atomic E-state index is 11.9. The van der Waals surface area contributed by atoms with Crippen molar-refractivity contribution in [3.05, 3.63) is 35.9 Å². The third kappa shape index (κ3) is 4.10. The van der Waals surface area contributed by atoms with E-state index in [2.05, 4.69) is 5.43 Å². The summed E-state index contributed by atoms with van der Waals surface area (Å²) in [5.41, 5.74) is 3.15. The number of carbonyl (C=O) groups is 1. The predicted octanol–water partition coefficient (Wildman–Crippen LogP) is 0.686. The molecule has 100 valence electrons. The predicted molar refractivity (Wildman–Crippen MR) is 70.6 cm³/mol. The van der Waals surface area contributed by atoms with E-state index in [-0.39, 0.29) is 11.9 Å². The minimum absolute atomic E-state index is 0.207. The van der Waals surface area contributed by atoms with E-state index in [4.69, 9.17) is 10.6 Å². The molecular formula is C13H21N3O2. The molecule has 0 bridgehead atoms. The number of carbonyl (C=O) groups excluding carboxylic acids is 1. The molecule has 0 fully saturated rings. The van der Waals surface area contributed by atoms with Gasteiger partial charge in [-0.05, 0) is 19.0 Å². The maximum atomic E-state index is 11.9. The van der Waals surface area contributed by atoms with Crippen LogP contribution in [0.4, 0.5) is 0 Å². The number of methoxy groups -OCH3 is 1. The number of benzene rings is 1. The summed E-state index contributed by atoms with van der Waals surface area (Å²) in [7, 11) is 3.57. The summed E-state index contributed by atoms with van der Waals surface area (Å²) in [6, 6.07) is 9.23. The molecule has 0 spiro atoms. The zero-order valence-electron chi connectivity index (χ0n) is 10.9. The number of hydrogen-bond donors (Lipinski definition) is 2. The van der Waals surface area contributed by atoms with Crippen LogP contribution in [0, 0.1) is 0 Å². The summed E-state index contributed by atoms with van der Waals surface area (Å²) in [5, 5.41) is 0. The first kappa shape index (κ1) is 14.6. The number of nitrogens with zero attached hydrogens (tertiary/aromatic N) is 1. The lowest BCUT2D eigenvalue weighted by atomic mass is 10.0. The monoisotopic (exact) mass is 251 g/mol. The highest BCUT2D eigenvalue weighted by atomic mass is 16.5. The Hall–Kier alpha value is -1.43. The van der Waals surface area contributed by atoms with E-state index in [1.165, 1.54) is 0 Å². The van der Waals surface area contributed by atoms with Crippen LogP contribution in [0.25, 0.3) is 0 Å². The molecule has 0 saturated heterocycles. The van der Waals surface area contributed by atoms with E-state index < -0.39 is 0 Å². The molecule has 1 aromatic rings. The third-order valence-corrected chi connectivity index (χ3v) is 2.81. The van der Waals surface area contributed by atoms with E-state index in [0.717, 1.165) is 18.5 Å². The van der Waals surface area contributed by atoms with E-state index in [1.54, 1.807) is 7.11 Å². The van der Waals surface area contributed by atoms with Crippen LogP contribution in [-0.2, 0) is 9.53 Å². The van der Waals surface area contributed by atoms with E-state index in [1.807, 2.05) is 42.3 Å². The fraction of sp³-hybridized carbons (Fsp3) is 0.462. The van der Waals surface area contributed by atoms with Crippen molar-refractivity contribution in [1.29, 1.82) is 0 Å². The highest BCUT2D eigenvalue weighted by Crippen LogP contribution is 2.19. The zero-order chi connectivity index (χ0) is 13.4. The van der Waals surface area contributed by atoms with Crippen molar-refractivity contribution in [2.24, 2.45) is 5.84 Å². The molecule has 0 saturated carbocycles. The van der Waals surface area contributed by atoms with Crippen LogP contribution in [0.15, 0.2) is 30.3 Å². The number of likely N-dealkylation sites (N-methyl/N-ethyl adjacent to an activating group) is 1. The fourth-order valence-electron chi connectivity index (χ4n) is 1.91. The van der Waals surface area contributed by atoms with Gasteiger partial charge in [-0.2, -0.15) is 0 Å². The van der Waals surface area contributed by atoms with Gasteiger partial charge in [-0.15, -0.1) is 0 Å². The van der Waals surface area contributed by atoms with Crippen molar-refractivity contribution >= 4 is 5.91 Å². The van der Waals surface area contributed by atoms with Crippen LogP contribution >= 0.6 is 0 Å². The molecular weight excluding hydrogens is 230 g/mol. The van der Waals surface area contributed by atoms with Crippen molar-refractivity contribution in [2.75, 3.05) is 27.3 Å². The number of hydrazine groups is 1. The molecule has 1 rings (SSSR count). The van der Waals surface area contributed by atoms with Gasteiger partial charge in [0.15, 0.2) is 0 Å². The van der Waals surface area contributed by atoms with Crippen LogP contribution in [-0.4, -0.2) is 38.1 Å². The SMILES string of the molecule is COCCCN(C)C(C(=O)NN)c1ccccc1. The fourth-order valence-corrected chi connectivity index (χ4v) is 1.91. The van der Waals surface area contributed by atoms with Gasteiger partial charge in [0, 0.05) is 20.3 Å². The number of nitrogens with one attached hydrogen (secondary N) is 1. The van der Waals surface area contributed by atoms with Crippen molar-refractivity contribution < 1.29 is 9.53 Å². The number of ether oxygens (including phenoxy) is 1. The van der Waals surface area contributed by atoms with E-state index in [9.17, 15) is 4.79 Å². The Morgan fingerprint density at radius 1 is 1.44 bits per heavy atom. The second-order valence-electron chi connectivity index (χ2n) is 4.15. The van der Waals surface area contributed by atoms with Crippen LogP contribution in [0.3, 0.4) is 0 Å². The van der Waals surface area contributed by atoms with Gasteiger partial charge in [-0.1, -0.05) is 30.3 Å². The van der Waals surface area contributed by atoms with Crippen LogP contribution in [0.1, 0.15) is 18.0 Å². The summed E-state index contributed by atoms with van der Waals surface area (Å²) >= 11 is 0. The molecule has 1 amide bonds. The van der Waals surface area contributed by atoms with Crippen LogP contribution in [0.5, 0.6) is 0 Å². The number of nitrogens with two attached hydrogens (primary N) is 1. The Kier molecular flexibility index (Phi) is 6.35. The first-order valence-corrected chi connectivity index (χ1v) is 5.95. The first-order chi connectivity index (χ1) is 8.70. The van der Waals surface area contributed by atoms with Crippen molar-refractivity contribution in [2.45, 2.75) is 12.5 Å². The average molecular weight is 251 g/mol. The molecule has 0 aliphatic rings. The minimum Gasteiger partial charge on any atom is -0.385 e. The molecule has 18 heavy (non-hydrogen) atoms. The second-order valence-corrected chi connectivity index (χ2v) is 4.15. The molecule has 1 unspecified atom stereocenters. The van der Waals surface area contributed by atoms with Crippen molar-refractivity contribution in [1.82, 2.24) is 10.3 Å². The smallest absolute Gasteiger partial charge is 0.255 e. The molecule has 1 atom stereocenters. The highest BCUT2D eigenvalue weighted by Gasteiger charge is 2.23. The van der Waals surface area contributed by atoms with Crippen molar-refractivity contribution in [3.63, 3.8) is 0 Å².